The molecule has 8 heteroatoms. The van der Waals surface area contributed by atoms with Gasteiger partial charge in [0, 0.05) is 17.8 Å². The third-order valence-electron chi connectivity index (χ3n) is 3.20. The van der Waals surface area contributed by atoms with E-state index in [-0.39, 0.29) is 16.7 Å². The zero-order valence-electron chi connectivity index (χ0n) is 11.5. The number of aromatic amines is 1. The molecule has 1 unspecified atom stereocenters. The van der Waals surface area contributed by atoms with E-state index >= 15 is 0 Å². The lowest BCUT2D eigenvalue weighted by atomic mass is 10.1. The molecule has 1 aromatic carbocycles. The number of nitro groups is 1. The predicted molar refractivity (Wildman–Crippen MR) is 81.6 cm³/mol. The van der Waals surface area contributed by atoms with Gasteiger partial charge in [0.05, 0.1) is 32.4 Å². The van der Waals surface area contributed by atoms with E-state index in [1.54, 1.807) is 24.5 Å². The number of anilines is 1. The van der Waals surface area contributed by atoms with Gasteiger partial charge in [0.25, 0.3) is 5.69 Å². The molecule has 0 aliphatic rings. The Hall–Kier alpha value is -2.48. The molecule has 21 heavy (non-hydrogen) atoms. The second kappa shape index (κ2) is 5.13. The fourth-order valence-electron chi connectivity index (χ4n) is 2.16. The van der Waals surface area contributed by atoms with Gasteiger partial charge in [-0.05, 0) is 19.9 Å². The minimum Gasteiger partial charge on any atom is -0.373 e. The van der Waals surface area contributed by atoms with Gasteiger partial charge in [-0.1, -0.05) is 0 Å². The van der Waals surface area contributed by atoms with Crippen LogP contribution >= 0.6 is 11.3 Å². The number of aromatic nitrogens is 3. The van der Waals surface area contributed by atoms with Crippen LogP contribution in [-0.4, -0.2) is 20.1 Å². The van der Waals surface area contributed by atoms with Crippen molar-refractivity contribution < 1.29 is 4.92 Å². The Kier molecular flexibility index (Phi) is 3.30. The average Bonchev–Trinajstić information content (AvgIpc) is 3.05. The lowest BCUT2D eigenvalue weighted by Gasteiger charge is -2.13. The molecule has 2 N–H and O–H groups in total. The largest absolute Gasteiger partial charge is 0.373 e. The number of nitrogens with zero attached hydrogens (tertiary/aromatic N) is 3. The first-order valence-corrected chi connectivity index (χ1v) is 7.17. The molecule has 0 radical (unpaired) electrons. The minimum absolute atomic E-state index is 0.0569. The smallest absolute Gasteiger partial charge is 0.293 e. The van der Waals surface area contributed by atoms with Crippen LogP contribution in [0.3, 0.4) is 0 Å². The number of thiazole rings is 1. The van der Waals surface area contributed by atoms with Gasteiger partial charge in [0.1, 0.15) is 5.69 Å². The summed E-state index contributed by atoms with van der Waals surface area (Å²) in [5, 5.41) is 21.9. The second-order valence-corrected chi connectivity index (χ2v) is 5.96. The maximum atomic E-state index is 11.3. The fraction of sp³-hybridized carbons (Fsp3) is 0.231. The third-order valence-corrected chi connectivity index (χ3v) is 4.13. The van der Waals surface area contributed by atoms with Crippen molar-refractivity contribution in [3.05, 3.63) is 45.2 Å². The Bertz CT molecular complexity index is 796. The lowest BCUT2D eigenvalue weighted by Crippen LogP contribution is -2.07. The molecule has 0 amide bonds. The lowest BCUT2D eigenvalue weighted by molar-refractivity contribution is -0.383. The molecule has 1 atom stereocenters. The molecule has 108 valence electrons. The summed E-state index contributed by atoms with van der Waals surface area (Å²) in [6, 6.07) is 3.21. The highest BCUT2D eigenvalue weighted by molar-refractivity contribution is 7.18. The van der Waals surface area contributed by atoms with Crippen LogP contribution in [0.25, 0.3) is 10.2 Å². The van der Waals surface area contributed by atoms with Gasteiger partial charge < -0.3 is 5.32 Å². The molecule has 0 aliphatic heterocycles. The van der Waals surface area contributed by atoms with Crippen LogP contribution in [0.5, 0.6) is 0 Å². The van der Waals surface area contributed by atoms with Crippen LogP contribution in [0.2, 0.25) is 0 Å². The minimum atomic E-state index is -0.376. The first-order valence-electron chi connectivity index (χ1n) is 6.35. The van der Waals surface area contributed by atoms with Crippen molar-refractivity contribution in [1.82, 2.24) is 15.2 Å². The number of hydrogen-bond acceptors (Lipinski definition) is 6. The quantitative estimate of drug-likeness (QED) is 0.568. The van der Waals surface area contributed by atoms with Crippen molar-refractivity contribution in [1.29, 1.82) is 0 Å². The van der Waals surface area contributed by atoms with Crippen molar-refractivity contribution in [2.75, 3.05) is 5.32 Å². The monoisotopic (exact) mass is 303 g/mol. The molecule has 0 saturated heterocycles. The normalized spacial score (nSPS) is 12.5. The van der Waals surface area contributed by atoms with E-state index in [0.717, 1.165) is 20.8 Å². The van der Waals surface area contributed by atoms with Gasteiger partial charge >= 0.3 is 0 Å². The summed E-state index contributed by atoms with van der Waals surface area (Å²) in [5.41, 5.74) is 2.22. The molecule has 3 rings (SSSR count). The Labute approximate surface area is 124 Å². The summed E-state index contributed by atoms with van der Waals surface area (Å²) in [4.78, 5) is 15.3. The van der Waals surface area contributed by atoms with Crippen LogP contribution in [-0.2, 0) is 0 Å². The molecule has 0 bridgehead atoms. The van der Waals surface area contributed by atoms with Crippen LogP contribution in [0.4, 0.5) is 11.4 Å². The van der Waals surface area contributed by atoms with Crippen molar-refractivity contribution in [3.8, 4) is 0 Å². The zero-order valence-corrected chi connectivity index (χ0v) is 12.3. The summed E-state index contributed by atoms with van der Waals surface area (Å²) in [6.07, 6.45) is 3.45. The molecule has 0 aliphatic carbocycles. The third kappa shape index (κ3) is 2.57. The van der Waals surface area contributed by atoms with E-state index in [1.165, 1.54) is 11.3 Å². The summed E-state index contributed by atoms with van der Waals surface area (Å²) in [5.74, 6) is 0. The average molecular weight is 303 g/mol. The van der Waals surface area contributed by atoms with Crippen molar-refractivity contribution >= 4 is 32.9 Å². The van der Waals surface area contributed by atoms with Gasteiger partial charge in [-0.2, -0.15) is 5.10 Å². The summed E-state index contributed by atoms with van der Waals surface area (Å²) in [6.45, 7) is 3.81. The molecular weight excluding hydrogens is 290 g/mol. The number of aryl methyl sites for hydroxylation is 1. The molecule has 2 aromatic heterocycles. The molecule has 2 heterocycles. The highest BCUT2D eigenvalue weighted by Crippen LogP contribution is 2.34. The van der Waals surface area contributed by atoms with E-state index in [1.807, 2.05) is 13.8 Å². The van der Waals surface area contributed by atoms with Crippen LogP contribution in [0.15, 0.2) is 24.5 Å². The van der Waals surface area contributed by atoms with Gasteiger partial charge in [0.15, 0.2) is 0 Å². The first kappa shape index (κ1) is 13.5. The Morgan fingerprint density at radius 3 is 2.95 bits per heavy atom. The van der Waals surface area contributed by atoms with Gasteiger partial charge in [0.2, 0.25) is 0 Å². The van der Waals surface area contributed by atoms with Crippen LogP contribution in [0, 0.1) is 17.0 Å². The maximum absolute atomic E-state index is 11.3. The molecule has 7 nitrogen and oxygen atoms in total. The van der Waals surface area contributed by atoms with Crippen molar-refractivity contribution in [2.24, 2.45) is 0 Å². The van der Waals surface area contributed by atoms with E-state index in [2.05, 4.69) is 20.5 Å². The standard InChI is InChI=1S/C13H13N5O2S/c1-7(9-5-14-15-6-9)16-10-3-11-13(21-8(2)17-11)4-12(10)18(19)20/h3-7,16H,1-2H3,(H,14,15). The summed E-state index contributed by atoms with van der Waals surface area (Å²) >= 11 is 1.45. The second-order valence-electron chi connectivity index (χ2n) is 4.72. The highest BCUT2D eigenvalue weighted by Gasteiger charge is 2.19. The predicted octanol–water partition coefficient (Wildman–Crippen LogP) is 3.41. The van der Waals surface area contributed by atoms with Gasteiger partial charge in [-0.3, -0.25) is 15.2 Å². The van der Waals surface area contributed by atoms with E-state index in [0.29, 0.717) is 5.69 Å². The summed E-state index contributed by atoms with van der Waals surface area (Å²) < 4.78 is 0.820. The molecule has 3 aromatic rings. The number of rotatable bonds is 4. The Morgan fingerprint density at radius 1 is 1.48 bits per heavy atom. The Balaban J connectivity index is 2.03. The van der Waals surface area contributed by atoms with Crippen LogP contribution < -0.4 is 5.32 Å². The fourth-order valence-corrected chi connectivity index (χ4v) is 3.00. The van der Waals surface area contributed by atoms with Crippen molar-refractivity contribution in [2.45, 2.75) is 19.9 Å². The molecule has 0 spiro atoms. The SMILES string of the molecule is Cc1nc2cc(NC(C)c3cn[nH]c3)c([N+](=O)[O-])cc2s1. The number of nitrogens with one attached hydrogen (secondary N) is 2. The van der Waals surface area contributed by atoms with Crippen molar-refractivity contribution in [3.63, 3.8) is 0 Å². The highest BCUT2D eigenvalue weighted by atomic mass is 32.1. The molecule has 0 saturated carbocycles. The van der Waals surface area contributed by atoms with Gasteiger partial charge in [-0.15, -0.1) is 11.3 Å². The van der Waals surface area contributed by atoms with Crippen LogP contribution in [0.1, 0.15) is 23.5 Å². The number of nitro benzene ring substituents is 1. The van der Waals surface area contributed by atoms with E-state index in [4.69, 9.17) is 0 Å². The summed E-state index contributed by atoms with van der Waals surface area (Å²) in [7, 11) is 0. The zero-order chi connectivity index (χ0) is 15.0. The number of hydrogen-bond donors (Lipinski definition) is 2. The Morgan fingerprint density at radius 2 is 2.29 bits per heavy atom. The molecular formula is C13H13N5O2S. The molecule has 0 fully saturated rings. The van der Waals surface area contributed by atoms with E-state index < -0.39 is 0 Å². The topological polar surface area (TPSA) is 96.7 Å². The number of fused-ring (bicyclic) bond motifs is 1. The van der Waals surface area contributed by atoms with E-state index in [9.17, 15) is 10.1 Å². The maximum Gasteiger partial charge on any atom is 0.293 e. The number of H-pyrrole nitrogens is 1. The first-order chi connectivity index (χ1) is 10.0. The van der Waals surface area contributed by atoms with Gasteiger partial charge in [-0.25, -0.2) is 4.98 Å². The number of benzene rings is 1.